The van der Waals surface area contributed by atoms with Crippen molar-refractivity contribution >= 4 is 23.2 Å². The van der Waals surface area contributed by atoms with E-state index < -0.39 is 12.0 Å². The lowest BCUT2D eigenvalue weighted by molar-refractivity contribution is -0.141. The van der Waals surface area contributed by atoms with Gasteiger partial charge in [-0.1, -0.05) is 6.07 Å². The van der Waals surface area contributed by atoms with Crippen LogP contribution in [0.5, 0.6) is 17.2 Å². The van der Waals surface area contributed by atoms with E-state index in [9.17, 15) is 9.59 Å². The van der Waals surface area contributed by atoms with Crippen LogP contribution in [0.3, 0.4) is 0 Å². The van der Waals surface area contributed by atoms with Crippen molar-refractivity contribution in [2.45, 2.75) is 12.5 Å². The van der Waals surface area contributed by atoms with Crippen molar-refractivity contribution in [1.82, 2.24) is 5.32 Å². The molecule has 0 aliphatic carbocycles. The van der Waals surface area contributed by atoms with Gasteiger partial charge in [-0.3, -0.25) is 9.59 Å². The molecule has 0 bridgehead atoms. The van der Waals surface area contributed by atoms with Crippen molar-refractivity contribution in [1.29, 1.82) is 0 Å². The van der Waals surface area contributed by atoms with Gasteiger partial charge in [-0.25, -0.2) is 0 Å². The molecule has 7 nitrogen and oxygen atoms in total. The number of methoxy groups -OCH3 is 2. The molecule has 0 fully saturated rings. The van der Waals surface area contributed by atoms with Crippen LogP contribution in [0.1, 0.15) is 27.7 Å². The zero-order chi connectivity index (χ0) is 18.5. The van der Waals surface area contributed by atoms with Crippen molar-refractivity contribution in [3.8, 4) is 17.2 Å². The van der Waals surface area contributed by atoms with Crippen LogP contribution in [0.25, 0.3) is 0 Å². The van der Waals surface area contributed by atoms with Gasteiger partial charge in [0.25, 0.3) is 5.91 Å². The first-order valence-electron chi connectivity index (χ1n) is 8.01. The lowest BCUT2D eigenvalue weighted by atomic mass is 10.1. The predicted octanol–water partition coefficient (Wildman–Crippen LogP) is 2.56. The van der Waals surface area contributed by atoms with E-state index in [1.165, 1.54) is 25.6 Å². The molecule has 2 heterocycles. The second-order valence-corrected chi connectivity index (χ2v) is 6.50. The van der Waals surface area contributed by atoms with Crippen LogP contribution in [-0.4, -0.2) is 39.3 Å². The van der Waals surface area contributed by atoms with Gasteiger partial charge in [0.05, 0.1) is 26.7 Å². The first-order valence-corrected chi connectivity index (χ1v) is 8.89. The van der Waals surface area contributed by atoms with Crippen LogP contribution in [0, 0.1) is 0 Å². The molecule has 0 saturated heterocycles. The van der Waals surface area contributed by atoms with Crippen molar-refractivity contribution in [3.05, 3.63) is 40.1 Å². The number of hydrogen-bond acceptors (Lipinski definition) is 7. The third-order valence-electron chi connectivity index (χ3n) is 3.88. The maximum atomic E-state index is 12.8. The summed E-state index contributed by atoms with van der Waals surface area (Å²) >= 11 is 1.46. The maximum Gasteiger partial charge on any atom is 0.307 e. The second-order valence-electron chi connectivity index (χ2n) is 5.52. The summed E-state index contributed by atoms with van der Waals surface area (Å²) in [6.07, 6.45) is 0.0461. The predicted molar refractivity (Wildman–Crippen MR) is 95.1 cm³/mol. The molecule has 0 spiro atoms. The molecule has 0 radical (unpaired) electrons. The van der Waals surface area contributed by atoms with E-state index in [1.54, 1.807) is 12.1 Å². The van der Waals surface area contributed by atoms with Gasteiger partial charge in [-0.05, 0) is 23.6 Å². The highest BCUT2D eigenvalue weighted by molar-refractivity contribution is 7.10. The zero-order valence-corrected chi connectivity index (χ0v) is 15.3. The number of esters is 1. The number of nitrogens with one attached hydrogen (secondary N) is 1. The SMILES string of the molecule is COC(=O)C[C@H](NC(=O)c1cc(OC)c2c(c1)OCCO2)c1cccs1. The summed E-state index contributed by atoms with van der Waals surface area (Å²) in [6, 6.07) is 6.45. The number of benzene rings is 1. The number of thiophene rings is 1. The van der Waals surface area contributed by atoms with Crippen molar-refractivity contribution < 1.29 is 28.5 Å². The Bertz CT molecular complexity index is 772. The monoisotopic (exact) mass is 377 g/mol. The molecule has 8 heteroatoms. The minimum atomic E-state index is -0.478. The molecule has 0 saturated carbocycles. The molecule has 1 N–H and O–H groups in total. The molecule has 1 aliphatic rings. The second kappa shape index (κ2) is 8.09. The highest BCUT2D eigenvalue weighted by Crippen LogP contribution is 2.40. The van der Waals surface area contributed by atoms with Crippen molar-refractivity contribution in [3.63, 3.8) is 0 Å². The molecular weight excluding hydrogens is 358 g/mol. The van der Waals surface area contributed by atoms with Gasteiger partial charge in [0.15, 0.2) is 11.5 Å². The molecule has 1 aromatic heterocycles. The Hall–Kier alpha value is -2.74. The number of carbonyl (C=O) groups excluding carboxylic acids is 2. The Morgan fingerprint density at radius 1 is 1.27 bits per heavy atom. The Morgan fingerprint density at radius 2 is 2.08 bits per heavy atom. The number of hydrogen-bond donors (Lipinski definition) is 1. The molecule has 1 atom stereocenters. The third-order valence-corrected chi connectivity index (χ3v) is 4.87. The summed E-state index contributed by atoms with van der Waals surface area (Å²) in [5.41, 5.74) is 0.359. The largest absolute Gasteiger partial charge is 0.493 e. The molecule has 138 valence electrons. The van der Waals surface area contributed by atoms with E-state index in [0.29, 0.717) is 36.0 Å². The number of fused-ring (bicyclic) bond motifs is 1. The fourth-order valence-corrected chi connectivity index (χ4v) is 3.39. The Morgan fingerprint density at radius 3 is 2.77 bits per heavy atom. The van der Waals surface area contributed by atoms with E-state index in [0.717, 1.165) is 4.88 Å². The average Bonchev–Trinajstić information content (AvgIpc) is 3.21. The first kappa shape index (κ1) is 18.1. The number of carbonyl (C=O) groups is 2. The third kappa shape index (κ3) is 3.91. The van der Waals surface area contributed by atoms with Gasteiger partial charge in [-0.15, -0.1) is 11.3 Å². The van der Waals surface area contributed by atoms with E-state index >= 15 is 0 Å². The van der Waals surface area contributed by atoms with E-state index in [-0.39, 0.29) is 12.3 Å². The molecule has 1 amide bonds. The van der Waals surface area contributed by atoms with Crippen molar-refractivity contribution in [2.24, 2.45) is 0 Å². The van der Waals surface area contributed by atoms with Gasteiger partial charge >= 0.3 is 5.97 Å². The highest BCUT2D eigenvalue weighted by Gasteiger charge is 2.24. The van der Waals surface area contributed by atoms with Gasteiger partial charge in [0, 0.05) is 10.4 Å². The summed E-state index contributed by atoms with van der Waals surface area (Å²) < 4.78 is 21.1. The number of ether oxygens (including phenoxy) is 4. The highest BCUT2D eigenvalue weighted by atomic mass is 32.1. The Labute approximate surface area is 154 Å². The molecule has 0 unspecified atom stereocenters. The van der Waals surface area contributed by atoms with Gasteiger partial charge in [-0.2, -0.15) is 0 Å². The van der Waals surface area contributed by atoms with Crippen LogP contribution in [-0.2, 0) is 9.53 Å². The number of rotatable bonds is 6. The van der Waals surface area contributed by atoms with Crippen LogP contribution in [0.4, 0.5) is 0 Å². The van der Waals surface area contributed by atoms with Crippen molar-refractivity contribution in [2.75, 3.05) is 27.4 Å². The van der Waals surface area contributed by atoms with Gasteiger partial charge in [0.1, 0.15) is 13.2 Å². The summed E-state index contributed by atoms with van der Waals surface area (Å²) in [4.78, 5) is 25.3. The molecule has 1 aromatic carbocycles. The fraction of sp³-hybridized carbons (Fsp3) is 0.333. The topological polar surface area (TPSA) is 83.1 Å². The summed E-state index contributed by atoms with van der Waals surface area (Å²) in [5, 5.41) is 4.77. The quantitative estimate of drug-likeness (QED) is 0.779. The van der Waals surface area contributed by atoms with Crippen LogP contribution in [0.15, 0.2) is 29.6 Å². The van der Waals surface area contributed by atoms with Crippen LogP contribution >= 0.6 is 11.3 Å². The minimum absolute atomic E-state index is 0.0461. The van der Waals surface area contributed by atoms with E-state index in [4.69, 9.17) is 18.9 Å². The fourth-order valence-electron chi connectivity index (χ4n) is 2.61. The van der Waals surface area contributed by atoms with Gasteiger partial charge in [0.2, 0.25) is 5.75 Å². The normalized spacial score (nSPS) is 13.6. The average molecular weight is 377 g/mol. The smallest absolute Gasteiger partial charge is 0.307 e. The lowest BCUT2D eigenvalue weighted by Crippen LogP contribution is -2.30. The summed E-state index contributed by atoms with van der Waals surface area (Å²) in [7, 11) is 2.82. The maximum absolute atomic E-state index is 12.8. The standard InChI is InChI=1S/C18H19NO6S/c1-22-13-8-11(9-14-17(13)25-6-5-24-14)18(21)19-12(10-16(20)23-2)15-4-3-7-26-15/h3-4,7-9,12H,5-6,10H2,1-2H3,(H,19,21)/t12-/m0/s1. The molecular formula is C18H19NO6S. The molecule has 3 rings (SSSR count). The minimum Gasteiger partial charge on any atom is -0.493 e. The van der Waals surface area contributed by atoms with E-state index in [1.807, 2.05) is 17.5 Å². The van der Waals surface area contributed by atoms with Gasteiger partial charge < -0.3 is 24.3 Å². The lowest BCUT2D eigenvalue weighted by Gasteiger charge is -2.22. The molecule has 26 heavy (non-hydrogen) atoms. The van der Waals surface area contributed by atoms with Crippen LogP contribution < -0.4 is 19.5 Å². The summed E-state index contributed by atoms with van der Waals surface area (Å²) in [6.45, 7) is 0.829. The Kier molecular flexibility index (Phi) is 5.62. The van der Waals surface area contributed by atoms with E-state index in [2.05, 4.69) is 5.32 Å². The molecule has 1 aliphatic heterocycles. The number of amides is 1. The zero-order valence-electron chi connectivity index (χ0n) is 14.4. The first-order chi connectivity index (χ1) is 12.6. The molecule has 2 aromatic rings. The summed E-state index contributed by atoms with van der Waals surface area (Å²) in [5.74, 6) is 0.625. The van der Waals surface area contributed by atoms with Crippen LogP contribution in [0.2, 0.25) is 0 Å². The Balaban J connectivity index is 1.84.